The van der Waals surface area contributed by atoms with Crippen molar-refractivity contribution < 1.29 is 13.2 Å². The zero-order valence-electron chi connectivity index (χ0n) is 8.82. The van der Waals surface area contributed by atoms with Crippen LogP contribution in [0.2, 0.25) is 10.0 Å². The third kappa shape index (κ3) is 2.64. The second kappa shape index (κ2) is 4.59. The summed E-state index contributed by atoms with van der Waals surface area (Å²) in [4.78, 5) is 12.1. The fourth-order valence-corrected chi connectivity index (χ4v) is 4.05. The summed E-state index contributed by atoms with van der Waals surface area (Å²) < 4.78 is 22.6. The van der Waals surface area contributed by atoms with Crippen molar-refractivity contribution in [3.8, 4) is 0 Å². The van der Waals surface area contributed by atoms with Gasteiger partial charge >= 0.3 is 0 Å². The van der Waals surface area contributed by atoms with Crippen molar-refractivity contribution in [3.05, 3.63) is 33.8 Å². The summed E-state index contributed by atoms with van der Waals surface area (Å²) in [6, 6.07) is 4.79. The van der Waals surface area contributed by atoms with E-state index in [-0.39, 0.29) is 22.3 Å². The van der Waals surface area contributed by atoms with E-state index < -0.39 is 15.8 Å². The second-order valence-corrected chi connectivity index (χ2v) is 7.08. The predicted molar refractivity (Wildman–Crippen MR) is 67.6 cm³/mol. The van der Waals surface area contributed by atoms with Crippen LogP contribution in [0.25, 0.3) is 0 Å². The minimum Gasteiger partial charge on any atom is -0.294 e. The average Bonchev–Trinajstić information content (AvgIpc) is 2.62. The molecule has 6 heteroatoms. The fraction of sp³-hybridized carbons (Fsp3) is 0.364. The summed E-state index contributed by atoms with van der Waals surface area (Å²) >= 11 is 11.8. The van der Waals surface area contributed by atoms with Gasteiger partial charge in [-0.05, 0) is 18.6 Å². The molecule has 0 N–H and O–H groups in total. The Morgan fingerprint density at radius 3 is 2.59 bits per heavy atom. The number of rotatable bonds is 2. The Morgan fingerprint density at radius 2 is 2.00 bits per heavy atom. The summed E-state index contributed by atoms with van der Waals surface area (Å²) in [6.07, 6.45) is 0.365. The van der Waals surface area contributed by atoms with Gasteiger partial charge in [0.1, 0.15) is 0 Å². The van der Waals surface area contributed by atoms with E-state index in [4.69, 9.17) is 23.2 Å². The largest absolute Gasteiger partial charge is 0.294 e. The molecule has 1 atom stereocenters. The molecule has 1 aromatic carbocycles. The van der Waals surface area contributed by atoms with E-state index in [1.54, 1.807) is 18.2 Å². The number of Topliss-reactive ketones (excluding diaryl/α,β-unsaturated/α-hetero) is 1. The molecule has 0 amide bonds. The van der Waals surface area contributed by atoms with E-state index in [2.05, 4.69) is 0 Å². The fourth-order valence-electron chi connectivity index (χ4n) is 1.92. The van der Waals surface area contributed by atoms with Crippen molar-refractivity contribution in [2.24, 2.45) is 5.92 Å². The van der Waals surface area contributed by atoms with Crippen LogP contribution in [0.15, 0.2) is 18.2 Å². The van der Waals surface area contributed by atoms with Gasteiger partial charge < -0.3 is 0 Å². The Morgan fingerprint density at radius 1 is 1.29 bits per heavy atom. The van der Waals surface area contributed by atoms with Crippen molar-refractivity contribution in [3.63, 3.8) is 0 Å². The van der Waals surface area contributed by atoms with Crippen molar-refractivity contribution in [2.75, 3.05) is 11.5 Å². The molecule has 17 heavy (non-hydrogen) atoms. The molecule has 1 heterocycles. The molecule has 2 rings (SSSR count). The summed E-state index contributed by atoms with van der Waals surface area (Å²) in [5, 5.41) is 0.502. The lowest BCUT2D eigenvalue weighted by Crippen LogP contribution is -2.16. The number of benzene rings is 1. The highest BCUT2D eigenvalue weighted by Gasteiger charge is 2.34. The molecular formula is C11H10Cl2O3S. The zero-order valence-corrected chi connectivity index (χ0v) is 11.1. The number of sulfone groups is 1. The monoisotopic (exact) mass is 292 g/mol. The van der Waals surface area contributed by atoms with Crippen LogP contribution in [0.5, 0.6) is 0 Å². The van der Waals surface area contributed by atoms with Gasteiger partial charge in [0.2, 0.25) is 0 Å². The molecule has 0 aliphatic carbocycles. The first kappa shape index (κ1) is 12.9. The minimum atomic E-state index is -3.07. The SMILES string of the molecule is O=C(c1cccc(Cl)c1Cl)C1CCS(=O)(=O)C1. The molecule has 0 saturated carbocycles. The van der Waals surface area contributed by atoms with Crippen molar-refractivity contribution >= 4 is 38.8 Å². The Labute approximate surface area is 110 Å². The molecule has 0 aromatic heterocycles. The highest BCUT2D eigenvalue weighted by Crippen LogP contribution is 2.30. The highest BCUT2D eigenvalue weighted by atomic mass is 35.5. The van der Waals surface area contributed by atoms with Gasteiger partial charge in [0.15, 0.2) is 15.6 Å². The van der Waals surface area contributed by atoms with E-state index in [0.717, 1.165) is 0 Å². The molecule has 1 aliphatic heterocycles. The van der Waals surface area contributed by atoms with Gasteiger partial charge in [0.05, 0.1) is 21.6 Å². The summed E-state index contributed by atoms with van der Waals surface area (Å²) in [5.41, 5.74) is 0.307. The molecule has 1 saturated heterocycles. The van der Waals surface area contributed by atoms with Crippen LogP contribution in [0.4, 0.5) is 0 Å². The first-order valence-electron chi connectivity index (χ1n) is 5.09. The molecule has 3 nitrogen and oxygen atoms in total. The van der Waals surface area contributed by atoms with Crippen LogP contribution >= 0.6 is 23.2 Å². The van der Waals surface area contributed by atoms with E-state index in [9.17, 15) is 13.2 Å². The molecule has 1 unspecified atom stereocenters. The predicted octanol–water partition coefficient (Wildman–Crippen LogP) is 2.61. The van der Waals surface area contributed by atoms with Gasteiger partial charge in [0, 0.05) is 11.5 Å². The number of hydrogen-bond acceptors (Lipinski definition) is 3. The van der Waals surface area contributed by atoms with E-state index in [1.807, 2.05) is 0 Å². The Kier molecular flexibility index (Phi) is 3.48. The van der Waals surface area contributed by atoms with Gasteiger partial charge in [0.25, 0.3) is 0 Å². The van der Waals surface area contributed by atoms with Gasteiger partial charge in [-0.3, -0.25) is 4.79 Å². The van der Waals surface area contributed by atoms with E-state index >= 15 is 0 Å². The minimum absolute atomic E-state index is 0.0710. The number of carbonyl (C=O) groups excluding carboxylic acids is 1. The van der Waals surface area contributed by atoms with Gasteiger partial charge in [-0.15, -0.1) is 0 Å². The molecule has 0 radical (unpaired) electrons. The summed E-state index contributed by atoms with van der Waals surface area (Å²) in [5.74, 6) is -0.745. The number of ketones is 1. The van der Waals surface area contributed by atoms with Crippen LogP contribution in [0.3, 0.4) is 0 Å². The lowest BCUT2D eigenvalue weighted by atomic mass is 9.97. The number of carbonyl (C=O) groups is 1. The molecule has 0 spiro atoms. The highest BCUT2D eigenvalue weighted by molar-refractivity contribution is 7.91. The van der Waals surface area contributed by atoms with Gasteiger partial charge in [-0.25, -0.2) is 8.42 Å². The van der Waals surface area contributed by atoms with Crippen LogP contribution < -0.4 is 0 Å². The number of hydrogen-bond donors (Lipinski definition) is 0. The summed E-state index contributed by atoms with van der Waals surface area (Å²) in [7, 11) is -3.07. The van der Waals surface area contributed by atoms with Crippen LogP contribution in [-0.4, -0.2) is 25.7 Å². The quantitative estimate of drug-likeness (QED) is 0.788. The normalized spacial score (nSPS) is 22.6. The van der Waals surface area contributed by atoms with Crippen molar-refractivity contribution in [1.82, 2.24) is 0 Å². The third-order valence-electron chi connectivity index (χ3n) is 2.82. The topological polar surface area (TPSA) is 51.2 Å². The van der Waals surface area contributed by atoms with Gasteiger partial charge in [-0.1, -0.05) is 29.3 Å². The van der Waals surface area contributed by atoms with Crippen LogP contribution in [-0.2, 0) is 9.84 Å². The maximum absolute atomic E-state index is 12.1. The Balaban J connectivity index is 2.30. The second-order valence-electron chi connectivity index (χ2n) is 4.07. The number of halogens is 2. The molecule has 1 aliphatic rings. The third-order valence-corrected chi connectivity index (χ3v) is 5.41. The lowest BCUT2D eigenvalue weighted by Gasteiger charge is -2.09. The molecule has 92 valence electrons. The van der Waals surface area contributed by atoms with Crippen molar-refractivity contribution in [2.45, 2.75) is 6.42 Å². The van der Waals surface area contributed by atoms with Crippen molar-refractivity contribution in [1.29, 1.82) is 0 Å². The maximum atomic E-state index is 12.1. The lowest BCUT2D eigenvalue weighted by molar-refractivity contribution is 0.0933. The maximum Gasteiger partial charge on any atom is 0.168 e. The smallest absolute Gasteiger partial charge is 0.168 e. The summed E-state index contributed by atoms with van der Waals surface area (Å²) in [6.45, 7) is 0. The molecule has 1 fully saturated rings. The van der Waals surface area contributed by atoms with E-state index in [1.165, 1.54) is 0 Å². The average molecular weight is 293 g/mol. The Bertz CT molecular complexity index is 566. The Hall–Kier alpha value is -0.580. The first-order valence-corrected chi connectivity index (χ1v) is 7.67. The zero-order chi connectivity index (χ0) is 12.6. The first-order chi connectivity index (χ1) is 7.91. The van der Waals surface area contributed by atoms with E-state index in [0.29, 0.717) is 17.0 Å². The molecule has 1 aromatic rings. The van der Waals surface area contributed by atoms with Crippen LogP contribution in [0, 0.1) is 5.92 Å². The molecular weight excluding hydrogens is 283 g/mol. The molecule has 0 bridgehead atoms. The van der Waals surface area contributed by atoms with Crippen LogP contribution in [0.1, 0.15) is 16.8 Å². The standard InChI is InChI=1S/C11H10Cl2O3S/c12-9-3-1-2-8(10(9)13)11(14)7-4-5-17(15,16)6-7/h1-3,7H,4-6H2. The van der Waals surface area contributed by atoms with Gasteiger partial charge in [-0.2, -0.15) is 0 Å².